The Morgan fingerprint density at radius 3 is 2.92 bits per heavy atom. The summed E-state index contributed by atoms with van der Waals surface area (Å²) in [4.78, 5) is 7.21. The smallest absolute Gasteiger partial charge is 0.159 e. The Morgan fingerprint density at radius 1 is 1.46 bits per heavy atom. The van der Waals surface area contributed by atoms with Crippen molar-refractivity contribution in [3.8, 4) is 11.4 Å². The molecular weight excluding hydrogens is 164 g/mol. The number of H-pyrrole nitrogens is 1. The Morgan fingerprint density at radius 2 is 2.31 bits per heavy atom. The van der Waals surface area contributed by atoms with Crippen LogP contribution < -0.4 is 0 Å². The second-order valence-corrected chi connectivity index (χ2v) is 3.22. The summed E-state index contributed by atoms with van der Waals surface area (Å²) < 4.78 is 1.91. The van der Waals surface area contributed by atoms with Gasteiger partial charge in [-0.25, -0.2) is 9.67 Å². The van der Waals surface area contributed by atoms with Crippen LogP contribution in [0.15, 0.2) is 24.8 Å². The van der Waals surface area contributed by atoms with Gasteiger partial charge in [0.2, 0.25) is 0 Å². The minimum absolute atomic E-state index is 0.340. The Balaban J connectivity index is 2.46. The van der Waals surface area contributed by atoms with E-state index in [0.717, 1.165) is 11.4 Å². The summed E-state index contributed by atoms with van der Waals surface area (Å²) >= 11 is 0. The zero-order valence-corrected chi connectivity index (χ0v) is 7.73. The molecule has 0 fully saturated rings. The standard InChI is InChI=1S/C9H12N4/c1-7(2)13-9(11-6-12-13)8-3-4-10-5-8/h3-7,10H,1-2H3. The average molecular weight is 176 g/mol. The molecule has 0 aliphatic rings. The van der Waals surface area contributed by atoms with Gasteiger partial charge in [0, 0.05) is 24.0 Å². The van der Waals surface area contributed by atoms with Crippen LogP contribution in [0.1, 0.15) is 19.9 Å². The van der Waals surface area contributed by atoms with E-state index in [-0.39, 0.29) is 0 Å². The molecule has 0 saturated heterocycles. The fraction of sp³-hybridized carbons (Fsp3) is 0.333. The maximum absolute atomic E-state index is 4.21. The monoisotopic (exact) mass is 176 g/mol. The summed E-state index contributed by atoms with van der Waals surface area (Å²) in [5, 5.41) is 4.16. The number of nitrogens with one attached hydrogen (secondary N) is 1. The zero-order valence-electron chi connectivity index (χ0n) is 7.73. The van der Waals surface area contributed by atoms with E-state index in [0.29, 0.717) is 6.04 Å². The molecule has 0 radical (unpaired) electrons. The fourth-order valence-electron chi connectivity index (χ4n) is 1.30. The van der Waals surface area contributed by atoms with Crippen LogP contribution in [-0.2, 0) is 0 Å². The van der Waals surface area contributed by atoms with Crippen molar-refractivity contribution in [2.75, 3.05) is 0 Å². The minimum atomic E-state index is 0.340. The third-order valence-electron chi connectivity index (χ3n) is 1.92. The molecule has 4 nitrogen and oxygen atoms in total. The van der Waals surface area contributed by atoms with Gasteiger partial charge in [-0.15, -0.1) is 0 Å². The molecular formula is C9H12N4. The second-order valence-electron chi connectivity index (χ2n) is 3.22. The largest absolute Gasteiger partial charge is 0.367 e. The highest BCUT2D eigenvalue weighted by molar-refractivity contribution is 5.53. The Bertz CT molecular complexity index is 372. The van der Waals surface area contributed by atoms with Crippen LogP contribution in [-0.4, -0.2) is 19.7 Å². The summed E-state index contributed by atoms with van der Waals surface area (Å²) in [5.74, 6) is 0.913. The maximum Gasteiger partial charge on any atom is 0.159 e. The van der Waals surface area contributed by atoms with Crippen molar-refractivity contribution in [1.29, 1.82) is 0 Å². The van der Waals surface area contributed by atoms with Crippen LogP contribution in [0, 0.1) is 0 Å². The highest BCUT2D eigenvalue weighted by Gasteiger charge is 2.09. The molecule has 0 bridgehead atoms. The predicted octanol–water partition coefficient (Wildman–Crippen LogP) is 1.85. The molecule has 0 spiro atoms. The van der Waals surface area contributed by atoms with Gasteiger partial charge in [0.25, 0.3) is 0 Å². The summed E-state index contributed by atoms with van der Waals surface area (Å²) in [7, 11) is 0. The van der Waals surface area contributed by atoms with Gasteiger partial charge in [0.1, 0.15) is 6.33 Å². The quantitative estimate of drug-likeness (QED) is 0.759. The Hall–Kier alpha value is -1.58. The molecule has 0 unspecified atom stereocenters. The predicted molar refractivity (Wildman–Crippen MR) is 50.2 cm³/mol. The van der Waals surface area contributed by atoms with Crippen LogP contribution in [0.25, 0.3) is 11.4 Å². The Labute approximate surface area is 76.6 Å². The molecule has 0 aromatic carbocycles. The van der Waals surface area contributed by atoms with Crippen molar-refractivity contribution in [2.45, 2.75) is 19.9 Å². The van der Waals surface area contributed by atoms with Crippen molar-refractivity contribution in [2.24, 2.45) is 0 Å². The topological polar surface area (TPSA) is 46.5 Å². The number of nitrogens with zero attached hydrogens (tertiary/aromatic N) is 3. The molecule has 68 valence electrons. The summed E-state index contributed by atoms with van der Waals surface area (Å²) in [5.41, 5.74) is 1.08. The third kappa shape index (κ3) is 1.35. The highest BCUT2D eigenvalue weighted by Crippen LogP contribution is 2.17. The molecule has 13 heavy (non-hydrogen) atoms. The summed E-state index contributed by atoms with van der Waals surface area (Å²) in [6, 6.07) is 2.33. The molecule has 2 aromatic rings. The van der Waals surface area contributed by atoms with Gasteiger partial charge in [-0.1, -0.05) is 0 Å². The van der Waals surface area contributed by atoms with Crippen molar-refractivity contribution in [3.63, 3.8) is 0 Å². The zero-order chi connectivity index (χ0) is 9.26. The lowest BCUT2D eigenvalue weighted by molar-refractivity contribution is 0.537. The van der Waals surface area contributed by atoms with E-state index >= 15 is 0 Å². The normalized spacial score (nSPS) is 11.0. The van der Waals surface area contributed by atoms with Crippen LogP contribution >= 0.6 is 0 Å². The maximum atomic E-state index is 4.21. The van der Waals surface area contributed by atoms with Crippen molar-refractivity contribution < 1.29 is 0 Å². The van der Waals surface area contributed by atoms with Gasteiger partial charge in [0.05, 0.1) is 0 Å². The molecule has 0 aliphatic heterocycles. The van der Waals surface area contributed by atoms with Crippen molar-refractivity contribution in [1.82, 2.24) is 19.7 Å². The molecule has 2 rings (SSSR count). The first kappa shape index (κ1) is 8.04. The molecule has 0 atom stereocenters. The number of hydrogen-bond acceptors (Lipinski definition) is 2. The van der Waals surface area contributed by atoms with E-state index in [1.54, 1.807) is 6.33 Å². The van der Waals surface area contributed by atoms with Crippen molar-refractivity contribution >= 4 is 0 Å². The van der Waals surface area contributed by atoms with Crippen molar-refractivity contribution in [3.05, 3.63) is 24.8 Å². The van der Waals surface area contributed by atoms with E-state index in [1.807, 2.05) is 23.1 Å². The van der Waals surface area contributed by atoms with E-state index in [9.17, 15) is 0 Å². The van der Waals surface area contributed by atoms with Gasteiger partial charge >= 0.3 is 0 Å². The van der Waals surface area contributed by atoms with Gasteiger partial charge in [-0.3, -0.25) is 0 Å². The first-order valence-corrected chi connectivity index (χ1v) is 4.31. The SMILES string of the molecule is CC(C)n1ncnc1-c1cc[nH]c1. The van der Waals surface area contributed by atoms with Gasteiger partial charge in [-0.05, 0) is 19.9 Å². The molecule has 2 aromatic heterocycles. The van der Waals surface area contributed by atoms with Crippen LogP contribution in [0.3, 0.4) is 0 Å². The summed E-state index contributed by atoms with van der Waals surface area (Å²) in [6.45, 7) is 4.18. The molecule has 1 N–H and O–H groups in total. The van der Waals surface area contributed by atoms with Gasteiger partial charge in [-0.2, -0.15) is 5.10 Å². The average Bonchev–Trinajstić information content (AvgIpc) is 2.74. The Kier molecular flexibility index (Phi) is 1.88. The molecule has 0 amide bonds. The lowest BCUT2D eigenvalue weighted by atomic mass is 10.3. The fourth-order valence-corrected chi connectivity index (χ4v) is 1.30. The number of aromatic nitrogens is 4. The van der Waals surface area contributed by atoms with E-state index in [4.69, 9.17) is 0 Å². The minimum Gasteiger partial charge on any atom is -0.367 e. The lowest BCUT2D eigenvalue weighted by Gasteiger charge is -2.07. The molecule has 4 heteroatoms. The molecule has 0 aliphatic carbocycles. The van der Waals surface area contributed by atoms with Crippen LogP contribution in [0.2, 0.25) is 0 Å². The second kappa shape index (κ2) is 3.05. The van der Waals surface area contributed by atoms with E-state index in [2.05, 4.69) is 28.9 Å². The highest BCUT2D eigenvalue weighted by atomic mass is 15.3. The lowest BCUT2D eigenvalue weighted by Crippen LogP contribution is -2.04. The van der Waals surface area contributed by atoms with Gasteiger partial charge < -0.3 is 4.98 Å². The van der Waals surface area contributed by atoms with Gasteiger partial charge in [0.15, 0.2) is 5.82 Å². The molecule has 2 heterocycles. The van der Waals surface area contributed by atoms with Crippen LogP contribution in [0.4, 0.5) is 0 Å². The molecule has 0 saturated carbocycles. The number of rotatable bonds is 2. The first-order chi connectivity index (χ1) is 6.29. The summed E-state index contributed by atoms with van der Waals surface area (Å²) in [6.07, 6.45) is 5.39. The third-order valence-corrected chi connectivity index (χ3v) is 1.92. The first-order valence-electron chi connectivity index (χ1n) is 4.31. The number of aromatic amines is 1. The van der Waals surface area contributed by atoms with E-state index < -0.39 is 0 Å². The van der Waals surface area contributed by atoms with Crippen LogP contribution in [0.5, 0.6) is 0 Å². The van der Waals surface area contributed by atoms with E-state index in [1.165, 1.54) is 0 Å². The number of hydrogen-bond donors (Lipinski definition) is 1.